The number of benzene rings is 1. The number of amides is 4. The van der Waals surface area contributed by atoms with Gasteiger partial charge in [-0.15, -0.1) is 0 Å². The van der Waals surface area contributed by atoms with E-state index in [4.69, 9.17) is 0 Å². The average molecular weight is 481 g/mol. The SMILES string of the molecule is Cc1ccc(NC(=O)Nc2c(C)nn(C(C)C)c2C)cc1NC(=O)Nc1c(C)nn(C(C)C)c1C. The van der Waals surface area contributed by atoms with E-state index in [1.54, 1.807) is 12.1 Å². The molecule has 0 bridgehead atoms. The molecule has 2 heterocycles. The molecule has 0 aliphatic heterocycles. The highest BCUT2D eigenvalue weighted by Gasteiger charge is 2.18. The third-order valence-electron chi connectivity index (χ3n) is 5.85. The van der Waals surface area contributed by atoms with Crippen molar-refractivity contribution < 1.29 is 9.59 Å². The van der Waals surface area contributed by atoms with E-state index in [0.29, 0.717) is 22.7 Å². The Morgan fingerprint density at radius 1 is 0.714 bits per heavy atom. The Hall–Kier alpha value is -3.82. The standard InChI is InChI=1S/C25H36N8O2/c1-13(2)32-18(8)22(16(6)30-32)28-24(34)26-20-11-10-15(5)21(12-20)27-25(35)29-23-17(7)31-33(14(3)4)19(23)9/h10-14H,1-9H3,(H2,26,28,34)(H2,27,29,35). The van der Waals surface area contributed by atoms with Gasteiger partial charge in [0.1, 0.15) is 0 Å². The number of hydrogen-bond acceptors (Lipinski definition) is 4. The maximum atomic E-state index is 12.8. The molecule has 3 aromatic rings. The van der Waals surface area contributed by atoms with E-state index in [0.717, 1.165) is 28.3 Å². The Kier molecular flexibility index (Phi) is 7.52. The molecule has 0 fully saturated rings. The lowest BCUT2D eigenvalue weighted by molar-refractivity contribution is 0.261. The molecule has 10 heteroatoms. The molecule has 2 aromatic heterocycles. The third-order valence-corrected chi connectivity index (χ3v) is 5.85. The van der Waals surface area contributed by atoms with Crippen molar-refractivity contribution in [2.45, 2.75) is 74.4 Å². The van der Waals surface area contributed by atoms with Gasteiger partial charge in [0.2, 0.25) is 0 Å². The van der Waals surface area contributed by atoms with Crippen LogP contribution in [0.2, 0.25) is 0 Å². The normalized spacial score (nSPS) is 11.2. The molecule has 0 unspecified atom stereocenters. The number of carbonyl (C=O) groups excluding carboxylic acids is 2. The van der Waals surface area contributed by atoms with E-state index < -0.39 is 0 Å². The highest BCUT2D eigenvalue weighted by atomic mass is 16.2. The van der Waals surface area contributed by atoms with E-state index in [2.05, 4.69) is 31.5 Å². The summed E-state index contributed by atoms with van der Waals surface area (Å²) in [5, 5.41) is 20.5. The van der Waals surface area contributed by atoms with Crippen LogP contribution in [0.4, 0.5) is 32.3 Å². The van der Waals surface area contributed by atoms with Crippen LogP contribution in [0.25, 0.3) is 0 Å². The number of rotatable bonds is 6. The van der Waals surface area contributed by atoms with Gasteiger partial charge in [0.25, 0.3) is 0 Å². The Bertz CT molecular complexity index is 1250. The first-order valence-corrected chi connectivity index (χ1v) is 11.8. The van der Waals surface area contributed by atoms with Crippen LogP contribution < -0.4 is 21.3 Å². The summed E-state index contributed by atoms with van der Waals surface area (Å²) in [4.78, 5) is 25.4. The second-order valence-electron chi connectivity index (χ2n) is 9.36. The molecule has 4 amide bonds. The molecular weight excluding hydrogens is 444 g/mol. The highest BCUT2D eigenvalue weighted by Crippen LogP contribution is 2.25. The molecule has 0 radical (unpaired) electrons. The largest absolute Gasteiger partial charge is 0.323 e. The van der Waals surface area contributed by atoms with Gasteiger partial charge < -0.3 is 21.3 Å². The predicted octanol–water partition coefficient (Wildman–Crippen LogP) is 6.07. The summed E-state index contributed by atoms with van der Waals surface area (Å²) >= 11 is 0. The van der Waals surface area contributed by atoms with Crippen LogP contribution in [-0.2, 0) is 0 Å². The van der Waals surface area contributed by atoms with Crippen molar-refractivity contribution in [1.29, 1.82) is 0 Å². The van der Waals surface area contributed by atoms with Crippen molar-refractivity contribution in [2.75, 3.05) is 21.3 Å². The van der Waals surface area contributed by atoms with Crippen molar-refractivity contribution in [2.24, 2.45) is 0 Å². The number of nitrogens with zero attached hydrogens (tertiary/aromatic N) is 4. The fourth-order valence-corrected chi connectivity index (χ4v) is 4.07. The summed E-state index contributed by atoms with van der Waals surface area (Å²) in [6.07, 6.45) is 0. The summed E-state index contributed by atoms with van der Waals surface area (Å²) in [5.41, 5.74) is 6.67. The van der Waals surface area contributed by atoms with E-state index in [1.165, 1.54) is 0 Å². The molecule has 4 N–H and O–H groups in total. The lowest BCUT2D eigenvalue weighted by atomic mass is 10.2. The second kappa shape index (κ2) is 10.2. The molecule has 0 atom stereocenters. The summed E-state index contributed by atoms with van der Waals surface area (Å²) < 4.78 is 3.76. The fourth-order valence-electron chi connectivity index (χ4n) is 4.07. The second-order valence-corrected chi connectivity index (χ2v) is 9.36. The van der Waals surface area contributed by atoms with Gasteiger partial charge in [-0.25, -0.2) is 9.59 Å². The zero-order valence-electron chi connectivity index (χ0n) is 22.0. The number of aromatic nitrogens is 4. The minimum absolute atomic E-state index is 0.191. The van der Waals surface area contributed by atoms with Crippen molar-refractivity contribution in [3.63, 3.8) is 0 Å². The van der Waals surface area contributed by atoms with Gasteiger partial charge in [0, 0.05) is 23.5 Å². The molecule has 3 rings (SSSR count). The van der Waals surface area contributed by atoms with E-state index >= 15 is 0 Å². The first kappa shape index (κ1) is 25.8. The van der Waals surface area contributed by atoms with Crippen molar-refractivity contribution >= 4 is 34.8 Å². The summed E-state index contributed by atoms with van der Waals surface area (Å²) in [6.45, 7) is 17.6. The Labute approximate surface area is 206 Å². The molecule has 1 aromatic carbocycles. The van der Waals surface area contributed by atoms with Gasteiger partial charge >= 0.3 is 12.1 Å². The molecule has 10 nitrogen and oxygen atoms in total. The molecule has 188 valence electrons. The van der Waals surface area contributed by atoms with Gasteiger partial charge in [-0.1, -0.05) is 6.07 Å². The quantitative estimate of drug-likeness (QED) is 0.342. The maximum Gasteiger partial charge on any atom is 0.323 e. The number of hydrogen-bond donors (Lipinski definition) is 4. The first-order valence-electron chi connectivity index (χ1n) is 11.8. The van der Waals surface area contributed by atoms with E-state index in [1.807, 2.05) is 77.7 Å². The van der Waals surface area contributed by atoms with Crippen molar-refractivity contribution in [3.8, 4) is 0 Å². The lowest BCUT2D eigenvalue weighted by Gasteiger charge is -2.14. The summed E-state index contributed by atoms with van der Waals surface area (Å²) in [5.74, 6) is 0. The number of nitrogens with one attached hydrogen (secondary N) is 4. The monoisotopic (exact) mass is 480 g/mol. The van der Waals surface area contributed by atoms with Crippen LogP contribution in [0.15, 0.2) is 18.2 Å². The van der Waals surface area contributed by atoms with Crippen molar-refractivity contribution in [1.82, 2.24) is 19.6 Å². The number of anilines is 4. The smallest absolute Gasteiger partial charge is 0.308 e. The van der Waals surface area contributed by atoms with Crippen LogP contribution in [0.5, 0.6) is 0 Å². The minimum Gasteiger partial charge on any atom is -0.308 e. The molecule has 0 saturated carbocycles. The molecule has 0 aliphatic rings. The van der Waals surface area contributed by atoms with Gasteiger partial charge in [0.05, 0.1) is 34.2 Å². The zero-order chi connectivity index (χ0) is 26.0. The van der Waals surface area contributed by atoms with Crippen LogP contribution >= 0.6 is 0 Å². The van der Waals surface area contributed by atoms with Crippen LogP contribution in [0.3, 0.4) is 0 Å². The number of carbonyl (C=O) groups is 2. The molecule has 0 saturated heterocycles. The molecule has 0 spiro atoms. The Morgan fingerprint density at radius 2 is 1.17 bits per heavy atom. The zero-order valence-corrected chi connectivity index (χ0v) is 22.0. The van der Waals surface area contributed by atoms with Crippen LogP contribution in [0, 0.1) is 34.6 Å². The molecule has 0 aliphatic carbocycles. The Morgan fingerprint density at radius 3 is 1.60 bits per heavy atom. The van der Waals surface area contributed by atoms with E-state index in [9.17, 15) is 9.59 Å². The fraction of sp³-hybridized carbons (Fsp3) is 0.440. The number of aryl methyl sites for hydroxylation is 3. The minimum atomic E-state index is -0.383. The van der Waals surface area contributed by atoms with Gasteiger partial charge in [-0.2, -0.15) is 10.2 Å². The van der Waals surface area contributed by atoms with Gasteiger partial charge in [-0.3, -0.25) is 9.36 Å². The van der Waals surface area contributed by atoms with Gasteiger partial charge in [0.15, 0.2) is 0 Å². The maximum absolute atomic E-state index is 12.8. The summed E-state index contributed by atoms with van der Waals surface area (Å²) in [6, 6.07) is 4.97. The summed E-state index contributed by atoms with van der Waals surface area (Å²) in [7, 11) is 0. The van der Waals surface area contributed by atoms with E-state index in [-0.39, 0.29) is 24.1 Å². The number of urea groups is 2. The molecular formula is C25H36N8O2. The van der Waals surface area contributed by atoms with Crippen LogP contribution in [-0.4, -0.2) is 31.6 Å². The third kappa shape index (κ3) is 5.64. The molecule has 35 heavy (non-hydrogen) atoms. The predicted molar refractivity (Wildman–Crippen MR) is 141 cm³/mol. The van der Waals surface area contributed by atoms with Crippen LogP contribution in [0.1, 0.15) is 68.1 Å². The highest BCUT2D eigenvalue weighted by molar-refractivity contribution is 6.03. The Balaban J connectivity index is 1.70. The van der Waals surface area contributed by atoms with Gasteiger partial charge in [-0.05, 0) is 80.0 Å². The lowest BCUT2D eigenvalue weighted by Crippen LogP contribution is -2.22. The first-order chi connectivity index (χ1) is 16.4. The van der Waals surface area contributed by atoms with Crippen molar-refractivity contribution in [3.05, 3.63) is 46.5 Å². The topological polar surface area (TPSA) is 118 Å². The average Bonchev–Trinajstić information content (AvgIpc) is 3.21.